The van der Waals surface area contributed by atoms with E-state index in [4.69, 9.17) is 4.74 Å². The minimum atomic E-state index is -1.04. The zero-order chi connectivity index (χ0) is 25.6. The second kappa shape index (κ2) is 11.2. The van der Waals surface area contributed by atoms with Crippen LogP contribution in [0.4, 0.5) is 0 Å². The van der Waals surface area contributed by atoms with E-state index in [1.54, 1.807) is 0 Å². The van der Waals surface area contributed by atoms with Crippen molar-refractivity contribution in [2.75, 3.05) is 27.2 Å². The first-order chi connectivity index (χ1) is 16.8. The molecule has 0 aromatic heterocycles. The second-order valence-corrected chi connectivity index (χ2v) is 8.73. The lowest BCUT2D eigenvalue weighted by Crippen LogP contribution is -2.65. The molecule has 1 aliphatic heterocycles. The van der Waals surface area contributed by atoms with Gasteiger partial charge in [-0.15, -0.1) is 0 Å². The Labute approximate surface area is 204 Å². The Kier molecular flexibility index (Phi) is 8.26. The van der Waals surface area contributed by atoms with E-state index in [0.29, 0.717) is 12.8 Å². The van der Waals surface area contributed by atoms with Crippen LogP contribution in [-0.2, 0) is 35.1 Å². The predicted octanol–water partition coefficient (Wildman–Crippen LogP) is 0.171. The summed E-state index contributed by atoms with van der Waals surface area (Å²) < 4.78 is 4.82. The molecule has 188 valence electrons. The highest BCUT2D eigenvalue weighted by molar-refractivity contribution is 6.00. The summed E-state index contributed by atoms with van der Waals surface area (Å²) in [6.45, 7) is 3.99. The highest BCUT2D eigenvalue weighted by Crippen LogP contribution is 2.46. The monoisotopic (exact) mass is 484 g/mol. The Morgan fingerprint density at radius 3 is 2.43 bits per heavy atom. The molecule has 2 atom stereocenters. The average molecular weight is 485 g/mol. The van der Waals surface area contributed by atoms with Crippen LogP contribution in [0.2, 0.25) is 0 Å². The Morgan fingerprint density at radius 2 is 1.86 bits per heavy atom. The van der Waals surface area contributed by atoms with Crippen LogP contribution in [0.5, 0.6) is 0 Å². The molecule has 2 fully saturated rings. The van der Waals surface area contributed by atoms with Gasteiger partial charge in [0.05, 0.1) is 7.11 Å². The molecule has 0 bridgehead atoms. The van der Waals surface area contributed by atoms with E-state index >= 15 is 0 Å². The zero-order valence-electron chi connectivity index (χ0n) is 20.1. The van der Waals surface area contributed by atoms with Crippen LogP contribution >= 0.6 is 0 Å². The number of hydrogen-bond donors (Lipinski definition) is 2. The van der Waals surface area contributed by atoms with Crippen molar-refractivity contribution in [3.63, 3.8) is 0 Å². The van der Waals surface area contributed by atoms with Gasteiger partial charge >= 0.3 is 5.97 Å². The maximum absolute atomic E-state index is 13.6. The van der Waals surface area contributed by atoms with Crippen molar-refractivity contribution in [1.82, 2.24) is 20.4 Å². The van der Waals surface area contributed by atoms with Crippen LogP contribution in [0.3, 0.4) is 0 Å². The van der Waals surface area contributed by atoms with E-state index in [1.807, 2.05) is 30.3 Å². The third kappa shape index (κ3) is 5.70. The maximum Gasteiger partial charge on any atom is 0.328 e. The van der Waals surface area contributed by atoms with Crippen LogP contribution in [0.25, 0.3) is 0 Å². The van der Waals surface area contributed by atoms with Gasteiger partial charge in [-0.3, -0.25) is 19.2 Å². The number of carbonyl (C=O) groups is 5. The molecule has 2 aliphatic rings. The summed E-state index contributed by atoms with van der Waals surface area (Å²) >= 11 is 0. The summed E-state index contributed by atoms with van der Waals surface area (Å²) in [7, 11) is 2.69. The zero-order valence-corrected chi connectivity index (χ0v) is 20.1. The van der Waals surface area contributed by atoms with Crippen molar-refractivity contribution in [2.45, 2.75) is 49.7 Å². The lowest BCUT2D eigenvalue weighted by atomic mass is 9.99. The molecule has 1 heterocycles. The SMILES string of the molecule is C=CC(=O)N1CCN([C@@H](Cc2ccccc2)C(=O)N[C@@H](CCC(=O)NC)C(=O)OC)C(=O)C12CC2. The van der Waals surface area contributed by atoms with Crippen molar-refractivity contribution in [2.24, 2.45) is 0 Å². The van der Waals surface area contributed by atoms with Gasteiger partial charge in [-0.1, -0.05) is 36.9 Å². The molecule has 1 aromatic carbocycles. The standard InChI is InChI=1S/C25H32N4O6/c1-4-21(31)29-15-14-28(24(34)25(29)12-13-25)19(16-17-8-6-5-7-9-17)22(32)27-18(23(33)35-3)10-11-20(30)26-2/h4-9,18-19H,1,10-16H2,2-3H3,(H,26,30)(H,27,32)/t18-,19-/m0/s1. The van der Waals surface area contributed by atoms with Crippen LogP contribution in [0.1, 0.15) is 31.2 Å². The fourth-order valence-electron chi connectivity index (χ4n) is 4.48. The summed E-state index contributed by atoms with van der Waals surface area (Å²) in [6.07, 6.45) is 2.55. The summed E-state index contributed by atoms with van der Waals surface area (Å²) in [6, 6.07) is 7.31. The Morgan fingerprint density at radius 1 is 1.17 bits per heavy atom. The van der Waals surface area contributed by atoms with E-state index in [0.717, 1.165) is 5.56 Å². The number of methoxy groups -OCH3 is 1. The first-order valence-corrected chi connectivity index (χ1v) is 11.6. The van der Waals surface area contributed by atoms with Gasteiger partial charge in [-0.2, -0.15) is 0 Å². The van der Waals surface area contributed by atoms with Crippen LogP contribution < -0.4 is 10.6 Å². The summed E-state index contributed by atoms with van der Waals surface area (Å²) in [5, 5.41) is 5.18. The second-order valence-electron chi connectivity index (χ2n) is 8.73. The normalized spacial score (nSPS) is 17.8. The molecule has 0 radical (unpaired) electrons. The molecule has 10 nitrogen and oxygen atoms in total. The molecular weight excluding hydrogens is 452 g/mol. The average Bonchev–Trinajstić information content (AvgIpc) is 3.67. The third-order valence-electron chi connectivity index (χ3n) is 6.60. The number of carbonyl (C=O) groups excluding carboxylic acids is 5. The molecule has 2 N–H and O–H groups in total. The summed E-state index contributed by atoms with van der Waals surface area (Å²) in [5.74, 6) is -2.06. The van der Waals surface area contributed by atoms with Gasteiger partial charge in [-0.05, 0) is 30.9 Å². The largest absolute Gasteiger partial charge is 0.467 e. The van der Waals surface area contributed by atoms with Crippen molar-refractivity contribution < 1.29 is 28.7 Å². The number of piperazine rings is 1. The molecular formula is C25H32N4O6. The lowest BCUT2D eigenvalue weighted by Gasteiger charge is -2.43. The number of ether oxygens (including phenoxy) is 1. The molecule has 0 unspecified atom stereocenters. The fraction of sp³-hybridized carbons (Fsp3) is 0.480. The van der Waals surface area contributed by atoms with E-state index < -0.39 is 29.5 Å². The fourth-order valence-corrected chi connectivity index (χ4v) is 4.48. The first kappa shape index (κ1) is 25.9. The van der Waals surface area contributed by atoms with E-state index in [2.05, 4.69) is 17.2 Å². The predicted molar refractivity (Wildman–Crippen MR) is 127 cm³/mol. The van der Waals surface area contributed by atoms with Crippen LogP contribution in [0, 0.1) is 0 Å². The maximum atomic E-state index is 13.6. The van der Waals surface area contributed by atoms with Gasteiger partial charge < -0.3 is 25.2 Å². The van der Waals surface area contributed by atoms with Crippen molar-refractivity contribution in [3.05, 3.63) is 48.6 Å². The molecule has 3 rings (SSSR count). The summed E-state index contributed by atoms with van der Waals surface area (Å²) in [4.78, 5) is 66.5. The quantitative estimate of drug-likeness (QED) is 0.360. The van der Waals surface area contributed by atoms with Crippen LogP contribution in [0.15, 0.2) is 43.0 Å². The van der Waals surface area contributed by atoms with Gasteiger partial charge in [0.25, 0.3) is 0 Å². The number of benzene rings is 1. The van der Waals surface area contributed by atoms with Crippen LogP contribution in [-0.4, -0.2) is 84.3 Å². The molecule has 1 aromatic rings. The van der Waals surface area contributed by atoms with Gasteiger partial charge in [0.1, 0.15) is 17.6 Å². The number of rotatable bonds is 10. The number of amides is 4. The molecule has 1 saturated carbocycles. The molecule has 4 amide bonds. The Balaban J connectivity index is 1.85. The number of nitrogens with one attached hydrogen (secondary N) is 2. The van der Waals surface area contributed by atoms with Crippen molar-refractivity contribution in [3.8, 4) is 0 Å². The van der Waals surface area contributed by atoms with E-state index in [1.165, 1.54) is 30.0 Å². The minimum Gasteiger partial charge on any atom is -0.467 e. The molecule has 1 spiro atoms. The Bertz CT molecular complexity index is 991. The molecule has 1 aliphatic carbocycles. The number of nitrogens with zero attached hydrogens (tertiary/aromatic N) is 2. The number of esters is 1. The van der Waals surface area contributed by atoms with Gasteiger partial charge in [-0.25, -0.2) is 4.79 Å². The van der Waals surface area contributed by atoms with Crippen molar-refractivity contribution >= 4 is 29.6 Å². The smallest absolute Gasteiger partial charge is 0.328 e. The van der Waals surface area contributed by atoms with Gasteiger partial charge in [0.2, 0.25) is 23.6 Å². The topological polar surface area (TPSA) is 125 Å². The van der Waals surface area contributed by atoms with E-state index in [-0.39, 0.29) is 50.1 Å². The molecule has 35 heavy (non-hydrogen) atoms. The molecule has 1 saturated heterocycles. The first-order valence-electron chi connectivity index (χ1n) is 11.6. The third-order valence-corrected chi connectivity index (χ3v) is 6.60. The van der Waals surface area contributed by atoms with Crippen molar-refractivity contribution in [1.29, 1.82) is 0 Å². The minimum absolute atomic E-state index is 0.0181. The Hall–Kier alpha value is -3.69. The lowest BCUT2D eigenvalue weighted by molar-refractivity contribution is -0.157. The number of hydrogen-bond acceptors (Lipinski definition) is 6. The van der Waals surface area contributed by atoms with Gasteiger partial charge in [0, 0.05) is 33.0 Å². The molecule has 10 heteroatoms. The van der Waals surface area contributed by atoms with Gasteiger partial charge in [0.15, 0.2) is 0 Å². The van der Waals surface area contributed by atoms with E-state index in [9.17, 15) is 24.0 Å². The highest BCUT2D eigenvalue weighted by Gasteiger charge is 2.60. The summed E-state index contributed by atoms with van der Waals surface area (Å²) in [5.41, 5.74) is -0.102. The highest BCUT2D eigenvalue weighted by atomic mass is 16.5.